The molecule has 3 aromatic rings. The van der Waals surface area contributed by atoms with Crippen LogP contribution in [-0.2, 0) is 13.1 Å². The predicted octanol–water partition coefficient (Wildman–Crippen LogP) is 5.11. The van der Waals surface area contributed by atoms with Crippen molar-refractivity contribution in [2.75, 3.05) is 10.6 Å². The van der Waals surface area contributed by atoms with E-state index in [4.69, 9.17) is 23.2 Å². The number of hydrogen-bond donors (Lipinski definition) is 2. The van der Waals surface area contributed by atoms with Gasteiger partial charge in [-0.15, -0.1) is 5.10 Å². The number of nitrogens with one attached hydrogen (secondary N) is 2. The lowest BCUT2D eigenvalue weighted by Crippen LogP contribution is -2.21. The maximum atomic E-state index is 12.5. The lowest BCUT2D eigenvalue weighted by atomic mass is 10.2. The van der Waals surface area contributed by atoms with Gasteiger partial charge < -0.3 is 10.6 Å². The molecule has 2 N–H and O–H groups in total. The van der Waals surface area contributed by atoms with Crippen LogP contribution in [0.25, 0.3) is 0 Å². The van der Waals surface area contributed by atoms with E-state index in [0.717, 1.165) is 11.1 Å². The van der Waals surface area contributed by atoms with Crippen LogP contribution in [0.5, 0.6) is 0 Å². The van der Waals surface area contributed by atoms with E-state index in [1.807, 2.05) is 62.4 Å². The minimum Gasteiger partial charge on any atom is -0.350 e. The highest BCUT2D eigenvalue weighted by Crippen LogP contribution is 2.19. The Morgan fingerprint density at radius 3 is 2.04 bits per heavy atom. The van der Waals surface area contributed by atoms with E-state index in [1.165, 1.54) is 4.68 Å². The number of benzene rings is 2. The fraction of sp³-hybridized carbons (Fsp3) is 0.250. The van der Waals surface area contributed by atoms with Crippen molar-refractivity contribution in [3.63, 3.8) is 0 Å². The highest BCUT2D eigenvalue weighted by atomic mass is 35.5. The van der Waals surface area contributed by atoms with E-state index in [-0.39, 0.29) is 11.8 Å². The molecule has 0 bridgehead atoms. The number of rotatable bonds is 7. The van der Waals surface area contributed by atoms with Gasteiger partial charge in [-0.1, -0.05) is 73.4 Å². The molecular formula is C20H21Cl2N5O. The largest absolute Gasteiger partial charge is 0.350 e. The molecule has 8 heteroatoms. The molecular weight excluding hydrogens is 397 g/mol. The third-order valence-electron chi connectivity index (χ3n) is 4.10. The van der Waals surface area contributed by atoms with Crippen LogP contribution >= 0.6 is 23.2 Å². The van der Waals surface area contributed by atoms with Gasteiger partial charge in [-0.3, -0.25) is 4.79 Å². The van der Waals surface area contributed by atoms with Gasteiger partial charge in [-0.2, -0.15) is 9.67 Å². The summed E-state index contributed by atoms with van der Waals surface area (Å²) in [5, 5.41) is 11.9. The number of aromatic nitrogens is 3. The summed E-state index contributed by atoms with van der Waals surface area (Å²) in [6.07, 6.45) is 0. The maximum absolute atomic E-state index is 12.5. The van der Waals surface area contributed by atoms with Crippen molar-refractivity contribution >= 4 is 41.0 Å². The Kier molecular flexibility index (Phi) is 6.54. The summed E-state index contributed by atoms with van der Waals surface area (Å²) in [6.45, 7) is 4.51. The van der Waals surface area contributed by atoms with Gasteiger partial charge in [0.2, 0.25) is 11.9 Å². The number of halogens is 2. The zero-order valence-corrected chi connectivity index (χ0v) is 17.1. The average Bonchev–Trinajstić information content (AvgIpc) is 3.09. The van der Waals surface area contributed by atoms with Crippen molar-refractivity contribution in [3.05, 3.63) is 69.7 Å². The van der Waals surface area contributed by atoms with Gasteiger partial charge in [0.1, 0.15) is 0 Å². The van der Waals surface area contributed by atoms with Crippen LogP contribution in [-0.4, -0.2) is 20.7 Å². The Labute approximate surface area is 173 Å². The molecule has 0 atom stereocenters. The Morgan fingerprint density at radius 2 is 1.50 bits per heavy atom. The monoisotopic (exact) mass is 417 g/mol. The van der Waals surface area contributed by atoms with E-state index in [2.05, 4.69) is 20.7 Å². The normalized spacial score (nSPS) is 10.9. The summed E-state index contributed by atoms with van der Waals surface area (Å²) in [4.78, 5) is 17.0. The van der Waals surface area contributed by atoms with Crippen LogP contribution in [0, 0.1) is 5.92 Å². The van der Waals surface area contributed by atoms with Crippen LogP contribution in [0.15, 0.2) is 48.5 Å². The second-order valence-corrected chi connectivity index (χ2v) is 7.37. The SMILES string of the molecule is CC(C)C(=O)n1nc(NCc2ccccc2Cl)nc1NCc1ccccc1Cl. The molecule has 0 saturated heterocycles. The molecule has 1 aromatic heterocycles. The van der Waals surface area contributed by atoms with Crippen LogP contribution < -0.4 is 10.6 Å². The number of hydrogen-bond acceptors (Lipinski definition) is 5. The maximum Gasteiger partial charge on any atom is 0.252 e. The van der Waals surface area contributed by atoms with Gasteiger partial charge >= 0.3 is 0 Å². The van der Waals surface area contributed by atoms with Gasteiger partial charge in [0, 0.05) is 29.1 Å². The molecule has 0 saturated carbocycles. The van der Waals surface area contributed by atoms with Gasteiger partial charge in [-0.25, -0.2) is 0 Å². The Hall–Kier alpha value is -2.57. The van der Waals surface area contributed by atoms with Crippen molar-refractivity contribution in [1.82, 2.24) is 14.8 Å². The fourth-order valence-corrected chi connectivity index (χ4v) is 2.94. The summed E-state index contributed by atoms with van der Waals surface area (Å²) < 4.78 is 1.29. The summed E-state index contributed by atoms with van der Waals surface area (Å²) in [7, 11) is 0. The highest BCUT2D eigenvalue weighted by molar-refractivity contribution is 6.31. The first-order valence-corrected chi connectivity index (χ1v) is 9.67. The first-order valence-electron chi connectivity index (χ1n) is 8.91. The molecule has 146 valence electrons. The third-order valence-corrected chi connectivity index (χ3v) is 4.84. The summed E-state index contributed by atoms with van der Waals surface area (Å²) >= 11 is 12.4. The molecule has 0 fully saturated rings. The molecule has 3 rings (SSSR count). The van der Waals surface area contributed by atoms with E-state index >= 15 is 0 Å². The van der Waals surface area contributed by atoms with Crippen molar-refractivity contribution in [2.45, 2.75) is 26.9 Å². The molecule has 0 aliphatic rings. The molecule has 6 nitrogen and oxygen atoms in total. The molecule has 28 heavy (non-hydrogen) atoms. The smallest absolute Gasteiger partial charge is 0.252 e. The molecule has 0 radical (unpaired) electrons. The van der Waals surface area contributed by atoms with Crippen LogP contribution in [0.2, 0.25) is 10.0 Å². The number of carbonyl (C=O) groups is 1. The molecule has 0 amide bonds. The summed E-state index contributed by atoms with van der Waals surface area (Å²) in [5.74, 6) is 0.329. The summed E-state index contributed by atoms with van der Waals surface area (Å²) in [6, 6.07) is 15.0. The second-order valence-electron chi connectivity index (χ2n) is 6.55. The van der Waals surface area contributed by atoms with Gasteiger partial charge in [0.15, 0.2) is 0 Å². The van der Waals surface area contributed by atoms with E-state index < -0.39 is 0 Å². The Bertz CT molecular complexity index is 971. The standard InChI is InChI=1S/C20H21Cl2N5O/c1-13(2)18(28)27-20(24-12-15-8-4-6-10-17(15)22)25-19(26-27)23-11-14-7-3-5-9-16(14)21/h3-10,13H,11-12H2,1-2H3,(H2,23,24,25,26). The molecule has 0 spiro atoms. The van der Waals surface area contributed by atoms with Crippen molar-refractivity contribution in [1.29, 1.82) is 0 Å². The van der Waals surface area contributed by atoms with Gasteiger partial charge in [0.25, 0.3) is 5.91 Å². The van der Waals surface area contributed by atoms with E-state index in [1.54, 1.807) is 0 Å². The molecule has 0 aliphatic heterocycles. The first-order chi connectivity index (χ1) is 13.5. The minimum atomic E-state index is -0.223. The lowest BCUT2D eigenvalue weighted by Gasteiger charge is -2.09. The highest BCUT2D eigenvalue weighted by Gasteiger charge is 2.19. The zero-order valence-electron chi connectivity index (χ0n) is 15.6. The number of nitrogens with zero attached hydrogens (tertiary/aromatic N) is 3. The molecule has 0 unspecified atom stereocenters. The Morgan fingerprint density at radius 1 is 0.964 bits per heavy atom. The fourth-order valence-electron chi connectivity index (χ4n) is 2.53. The lowest BCUT2D eigenvalue weighted by molar-refractivity contribution is 0.0841. The molecule has 1 heterocycles. The minimum absolute atomic E-state index is 0.153. The van der Waals surface area contributed by atoms with Gasteiger partial charge in [0.05, 0.1) is 0 Å². The number of anilines is 2. The van der Waals surface area contributed by atoms with E-state index in [9.17, 15) is 4.79 Å². The van der Waals surface area contributed by atoms with Crippen molar-refractivity contribution in [2.24, 2.45) is 5.92 Å². The van der Waals surface area contributed by atoms with Crippen LogP contribution in [0.4, 0.5) is 11.9 Å². The average molecular weight is 418 g/mol. The van der Waals surface area contributed by atoms with E-state index in [0.29, 0.717) is 35.0 Å². The molecule has 2 aromatic carbocycles. The predicted molar refractivity (Wildman–Crippen MR) is 113 cm³/mol. The van der Waals surface area contributed by atoms with Gasteiger partial charge in [-0.05, 0) is 23.3 Å². The van der Waals surface area contributed by atoms with Crippen LogP contribution in [0.3, 0.4) is 0 Å². The summed E-state index contributed by atoms with van der Waals surface area (Å²) in [5.41, 5.74) is 1.82. The molecule has 0 aliphatic carbocycles. The zero-order chi connectivity index (χ0) is 20.1. The number of carbonyl (C=O) groups excluding carboxylic acids is 1. The quantitative estimate of drug-likeness (QED) is 0.558. The second kappa shape index (κ2) is 9.08. The van der Waals surface area contributed by atoms with Crippen LogP contribution in [0.1, 0.15) is 29.8 Å². The topological polar surface area (TPSA) is 71.8 Å². The third kappa shape index (κ3) is 4.82. The Balaban J connectivity index is 1.78. The van der Waals surface area contributed by atoms with Crippen molar-refractivity contribution in [3.8, 4) is 0 Å². The first kappa shape index (κ1) is 20.2. The van der Waals surface area contributed by atoms with Crippen molar-refractivity contribution < 1.29 is 4.79 Å².